The summed E-state index contributed by atoms with van der Waals surface area (Å²) in [5.41, 5.74) is 2.18. The van der Waals surface area contributed by atoms with Gasteiger partial charge in [0.15, 0.2) is 0 Å². The van der Waals surface area contributed by atoms with Crippen LogP contribution in [0.1, 0.15) is 16.5 Å². The highest BCUT2D eigenvalue weighted by molar-refractivity contribution is 9.10. The molecule has 0 aliphatic heterocycles. The summed E-state index contributed by atoms with van der Waals surface area (Å²) in [4.78, 5) is 1.01. The molecule has 0 saturated carbocycles. The predicted molar refractivity (Wildman–Crippen MR) is 81.7 cm³/mol. The number of aliphatic hydroxyl groups is 1. The van der Waals surface area contributed by atoms with Crippen LogP contribution in [0.3, 0.4) is 0 Å². The Morgan fingerprint density at radius 2 is 2.17 bits per heavy atom. The van der Waals surface area contributed by atoms with E-state index >= 15 is 0 Å². The van der Waals surface area contributed by atoms with Crippen molar-refractivity contribution in [2.24, 2.45) is 0 Å². The third-order valence-corrected chi connectivity index (χ3v) is 5.25. The maximum atomic E-state index is 9.52. The van der Waals surface area contributed by atoms with E-state index in [9.17, 15) is 5.11 Å². The van der Waals surface area contributed by atoms with Gasteiger partial charge in [-0.2, -0.15) is 0 Å². The largest absolute Gasteiger partial charge is 0.394 e. The molecule has 18 heavy (non-hydrogen) atoms. The van der Waals surface area contributed by atoms with Crippen molar-refractivity contribution in [1.82, 2.24) is 0 Å². The lowest BCUT2D eigenvalue weighted by Crippen LogP contribution is -2.14. The summed E-state index contributed by atoms with van der Waals surface area (Å²) in [7, 11) is 0. The average Bonchev–Trinajstić information content (AvgIpc) is 2.68. The van der Waals surface area contributed by atoms with Gasteiger partial charge in [-0.05, 0) is 40.5 Å². The fourth-order valence-electron chi connectivity index (χ4n) is 1.66. The molecule has 0 bridgehead atoms. The number of anilines is 1. The maximum absolute atomic E-state index is 9.52. The smallest absolute Gasteiger partial charge is 0.107 e. The van der Waals surface area contributed by atoms with Gasteiger partial charge >= 0.3 is 0 Å². The molecule has 1 atom stereocenters. The number of benzene rings is 1. The first-order valence-electron chi connectivity index (χ1n) is 5.49. The number of thiophene rings is 1. The summed E-state index contributed by atoms with van der Waals surface area (Å²) in [5, 5.41) is 12.9. The Kier molecular flexibility index (Phi) is 4.67. The Hall–Kier alpha value is -0.550. The van der Waals surface area contributed by atoms with E-state index in [2.05, 4.69) is 21.2 Å². The zero-order valence-electron chi connectivity index (χ0n) is 9.78. The Labute approximate surface area is 124 Å². The van der Waals surface area contributed by atoms with Gasteiger partial charge in [0.1, 0.15) is 4.34 Å². The lowest BCUT2D eigenvalue weighted by atomic mass is 10.1. The van der Waals surface area contributed by atoms with Gasteiger partial charge in [0, 0.05) is 15.0 Å². The minimum absolute atomic E-state index is 0.0254. The number of para-hydroxylation sites is 1. The summed E-state index contributed by atoms with van der Waals surface area (Å²) >= 11 is 10.9. The van der Waals surface area contributed by atoms with Crippen LogP contribution in [0.25, 0.3) is 0 Å². The fourth-order valence-corrected chi connectivity index (χ4v) is 3.44. The molecule has 0 aliphatic carbocycles. The lowest BCUT2D eigenvalue weighted by Gasteiger charge is -2.17. The monoisotopic (exact) mass is 345 g/mol. The number of nitrogens with one attached hydrogen (secondary N) is 1. The highest BCUT2D eigenvalue weighted by Gasteiger charge is 2.15. The van der Waals surface area contributed by atoms with E-state index in [1.807, 2.05) is 37.3 Å². The molecule has 0 saturated heterocycles. The number of aliphatic hydroxyl groups excluding tert-OH is 1. The first-order chi connectivity index (χ1) is 8.61. The molecule has 0 spiro atoms. The van der Waals surface area contributed by atoms with Crippen molar-refractivity contribution in [3.8, 4) is 0 Å². The Morgan fingerprint density at radius 1 is 1.44 bits per heavy atom. The molecule has 96 valence electrons. The van der Waals surface area contributed by atoms with Crippen LogP contribution in [0.2, 0.25) is 4.34 Å². The Balaban J connectivity index is 2.22. The zero-order valence-corrected chi connectivity index (χ0v) is 12.9. The third kappa shape index (κ3) is 3.06. The number of hydrogen-bond donors (Lipinski definition) is 2. The van der Waals surface area contributed by atoms with Crippen LogP contribution in [0, 0.1) is 6.92 Å². The molecule has 2 N–H and O–H groups in total. The molecule has 2 rings (SSSR count). The standard InChI is InChI=1S/C13H13BrClNOS/c1-8-4-2-3-5-10(8)16-11(7-17)12-6-9(14)13(15)18-12/h2-6,11,16-17H,7H2,1H3. The molecule has 2 nitrogen and oxygen atoms in total. The number of aryl methyl sites for hydroxylation is 1. The van der Waals surface area contributed by atoms with Gasteiger partial charge in [-0.1, -0.05) is 29.8 Å². The summed E-state index contributed by atoms with van der Waals surface area (Å²) in [5.74, 6) is 0. The topological polar surface area (TPSA) is 32.3 Å². The van der Waals surface area contributed by atoms with Crippen molar-refractivity contribution in [2.45, 2.75) is 13.0 Å². The summed E-state index contributed by atoms with van der Waals surface area (Å²) < 4.78 is 1.57. The van der Waals surface area contributed by atoms with Crippen molar-refractivity contribution in [3.05, 3.63) is 49.6 Å². The molecule has 1 heterocycles. The van der Waals surface area contributed by atoms with Crippen LogP contribution in [0.5, 0.6) is 0 Å². The second kappa shape index (κ2) is 6.06. The van der Waals surface area contributed by atoms with E-state index in [1.165, 1.54) is 11.3 Å². The first-order valence-corrected chi connectivity index (χ1v) is 7.48. The number of rotatable bonds is 4. The van der Waals surface area contributed by atoms with Gasteiger partial charge < -0.3 is 10.4 Å². The van der Waals surface area contributed by atoms with Gasteiger partial charge in [-0.25, -0.2) is 0 Å². The summed E-state index contributed by atoms with van der Waals surface area (Å²) in [6.45, 7) is 2.06. The number of hydrogen-bond acceptors (Lipinski definition) is 3. The van der Waals surface area contributed by atoms with Crippen LogP contribution in [-0.2, 0) is 0 Å². The van der Waals surface area contributed by atoms with E-state index < -0.39 is 0 Å². The average molecular weight is 347 g/mol. The summed E-state index contributed by atoms with van der Waals surface area (Å²) in [6, 6.07) is 9.81. The zero-order chi connectivity index (χ0) is 13.1. The molecular weight excluding hydrogens is 334 g/mol. The quantitative estimate of drug-likeness (QED) is 0.847. The first kappa shape index (κ1) is 13.9. The molecule has 0 amide bonds. The van der Waals surface area contributed by atoms with Crippen molar-refractivity contribution in [2.75, 3.05) is 11.9 Å². The van der Waals surface area contributed by atoms with Crippen LogP contribution in [0.4, 0.5) is 5.69 Å². The van der Waals surface area contributed by atoms with Crippen LogP contribution >= 0.6 is 38.9 Å². The van der Waals surface area contributed by atoms with Crippen molar-refractivity contribution in [1.29, 1.82) is 0 Å². The van der Waals surface area contributed by atoms with E-state index in [0.717, 1.165) is 20.6 Å². The van der Waals surface area contributed by atoms with Crippen LogP contribution in [0.15, 0.2) is 34.8 Å². The second-order valence-electron chi connectivity index (χ2n) is 3.96. The van der Waals surface area contributed by atoms with Crippen molar-refractivity contribution < 1.29 is 5.11 Å². The van der Waals surface area contributed by atoms with E-state index in [0.29, 0.717) is 4.34 Å². The Bertz CT molecular complexity index is 524. The van der Waals surface area contributed by atoms with Crippen molar-refractivity contribution >= 4 is 44.6 Å². The van der Waals surface area contributed by atoms with Gasteiger partial charge in [-0.3, -0.25) is 0 Å². The van der Waals surface area contributed by atoms with E-state index in [-0.39, 0.29) is 12.6 Å². The fraction of sp³-hybridized carbons (Fsp3) is 0.231. The molecular formula is C13H13BrClNOS. The maximum Gasteiger partial charge on any atom is 0.107 e. The van der Waals surface area contributed by atoms with Crippen molar-refractivity contribution in [3.63, 3.8) is 0 Å². The van der Waals surface area contributed by atoms with Gasteiger partial charge in [0.2, 0.25) is 0 Å². The van der Waals surface area contributed by atoms with Crippen LogP contribution in [-0.4, -0.2) is 11.7 Å². The molecule has 0 fully saturated rings. The minimum atomic E-state index is -0.139. The molecule has 1 unspecified atom stereocenters. The lowest BCUT2D eigenvalue weighted by molar-refractivity contribution is 0.277. The highest BCUT2D eigenvalue weighted by Crippen LogP contribution is 2.36. The highest BCUT2D eigenvalue weighted by atomic mass is 79.9. The molecule has 0 radical (unpaired) electrons. The molecule has 5 heteroatoms. The Morgan fingerprint density at radius 3 is 2.72 bits per heavy atom. The molecule has 1 aromatic carbocycles. The van der Waals surface area contributed by atoms with E-state index in [1.54, 1.807) is 0 Å². The molecule has 0 aliphatic rings. The summed E-state index contributed by atoms with van der Waals surface area (Å²) in [6.07, 6.45) is 0. The normalized spacial score (nSPS) is 12.4. The minimum Gasteiger partial charge on any atom is -0.394 e. The number of halogens is 2. The molecule has 1 aromatic heterocycles. The third-order valence-electron chi connectivity index (χ3n) is 2.67. The predicted octanol–water partition coefficient (Wildman–Crippen LogP) is 4.62. The second-order valence-corrected chi connectivity index (χ2v) is 6.51. The van der Waals surface area contributed by atoms with Gasteiger partial charge in [0.05, 0.1) is 12.6 Å². The van der Waals surface area contributed by atoms with Gasteiger partial charge in [0.25, 0.3) is 0 Å². The van der Waals surface area contributed by atoms with E-state index in [4.69, 9.17) is 11.6 Å². The van der Waals surface area contributed by atoms with Crippen LogP contribution < -0.4 is 5.32 Å². The SMILES string of the molecule is Cc1ccccc1NC(CO)c1cc(Br)c(Cl)s1. The molecule has 2 aromatic rings. The van der Waals surface area contributed by atoms with Gasteiger partial charge in [-0.15, -0.1) is 11.3 Å².